The Bertz CT molecular complexity index is 515. The number of nitrogens with one attached hydrogen (secondary N) is 1. The Morgan fingerprint density at radius 3 is 2.95 bits per heavy atom. The van der Waals surface area contributed by atoms with Gasteiger partial charge in [0, 0.05) is 18.3 Å². The number of carbonyl (C=O) groups excluding carboxylic acids is 1. The molecule has 1 aromatic rings. The largest absolute Gasteiger partial charge is 0.465 e. The highest BCUT2D eigenvalue weighted by molar-refractivity contribution is 5.90. The summed E-state index contributed by atoms with van der Waals surface area (Å²) in [5, 5.41) is 3.57. The van der Waals surface area contributed by atoms with E-state index in [1.165, 1.54) is 7.11 Å². The molecular formula is C17H25NO3. The van der Waals surface area contributed by atoms with Crippen LogP contribution in [-0.4, -0.2) is 31.3 Å². The van der Waals surface area contributed by atoms with Crippen molar-refractivity contribution in [2.24, 2.45) is 0 Å². The van der Waals surface area contributed by atoms with E-state index in [2.05, 4.69) is 19.2 Å². The summed E-state index contributed by atoms with van der Waals surface area (Å²) in [6.07, 6.45) is 2.97. The van der Waals surface area contributed by atoms with E-state index in [0.717, 1.165) is 37.1 Å². The Hall–Kier alpha value is -1.55. The summed E-state index contributed by atoms with van der Waals surface area (Å²) in [6, 6.07) is 5.99. The molecule has 4 heteroatoms. The van der Waals surface area contributed by atoms with Gasteiger partial charge in [-0.15, -0.1) is 0 Å². The predicted molar refractivity (Wildman–Crippen MR) is 83.8 cm³/mol. The molecule has 2 unspecified atom stereocenters. The molecule has 116 valence electrons. The van der Waals surface area contributed by atoms with Gasteiger partial charge >= 0.3 is 5.97 Å². The molecule has 1 fully saturated rings. The Kier molecular flexibility index (Phi) is 4.88. The summed E-state index contributed by atoms with van der Waals surface area (Å²) in [7, 11) is 1.40. The number of ether oxygens (including phenoxy) is 2. The number of rotatable bonds is 4. The fourth-order valence-corrected chi connectivity index (χ4v) is 2.74. The predicted octanol–water partition coefficient (Wildman–Crippen LogP) is 3.54. The van der Waals surface area contributed by atoms with E-state index < -0.39 is 0 Å². The molecule has 21 heavy (non-hydrogen) atoms. The molecule has 0 aromatic heterocycles. The van der Waals surface area contributed by atoms with Crippen LogP contribution in [0.3, 0.4) is 0 Å². The number of methoxy groups -OCH3 is 1. The first-order chi connectivity index (χ1) is 9.97. The highest BCUT2D eigenvalue weighted by atomic mass is 16.5. The highest BCUT2D eigenvalue weighted by Crippen LogP contribution is 2.30. The van der Waals surface area contributed by atoms with Crippen LogP contribution in [0.1, 0.15) is 49.0 Å². The van der Waals surface area contributed by atoms with Crippen molar-refractivity contribution in [3.8, 4) is 0 Å². The molecule has 1 aromatic carbocycles. The molecular weight excluding hydrogens is 266 g/mol. The standard InChI is InChI=1S/C17H25NO3/c1-5-17(3)11-14(8-9-21-17)18-15-10-13(16(19)20-4)7-6-12(15)2/h6-7,10,14,18H,5,8-9,11H2,1-4H3. The Balaban J connectivity index is 2.13. The first kappa shape index (κ1) is 15.8. The molecule has 1 aliphatic rings. The van der Waals surface area contributed by atoms with Gasteiger partial charge in [0.1, 0.15) is 0 Å². The summed E-state index contributed by atoms with van der Waals surface area (Å²) in [5.41, 5.74) is 2.66. The van der Waals surface area contributed by atoms with Crippen LogP contribution in [-0.2, 0) is 9.47 Å². The van der Waals surface area contributed by atoms with Crippen molar-refractivity contribution in [3.63, 3.8) is 0 Å². The van der Waals surface area contributed by atoms with E-state index >= 15 is 0 Å². The second kappa shape index (κ2) is 6.48. The fraction of sp³-hybridized carbons (Fsp3) is 0.588. The third-order valence-corrected chi connectivity index (χ3v) is 4.36. The van der Waals surface area contributed by atoms with Crippen molar-refractivity contribution in [2.75, 3.05) is 19.0 Å². The summed E-state index contributed by atoms with van der Waals surface area (Å²) in [5.74, 6) is -0.302. The zero-order valence-electron chi connectivity index (χ0n) is 13.4. The minimum absolute atomic E-state index is 0.0518. The van der Waals surface area contributed by atoms with Crippen molar-refractivity contribution >= 4 is 11.7 Å². The van der Waals surface area contributed by atoms with Crippen molar-refractivity contribution < 1.29 is 14.3 Å². The summed E-state index contributed by atoms with van der Waals surface area (Å²) < 4.78 is 10.7. The van der Waals surface area contributed by atoms with Crippen LogP contribution >= 0.6 is 0 Å². The molecule has 2 rings (SSSR count). The van der Waals surface area contributed by atoms with E-state index in [-0.39, 0.29) is 11.6 Å². The highest BCUT2D eigenvalue weighted by Gasteiger charge is 2.31. The second-order valence-electron chi connectivity index (χ2n) is 6.01. The van der Waals surface area contributed by atoms with Crippen molar-refractivity contribution in [1.29, 1.82) is 0 Å². The number of carbonyl (C=O) groups is 1. The van der Waals surface area contributed by atoms with E-state index in [1.54, 1.807) is 6.07 Å². The van der Waals surface area contributed by atoms with Gasteiger partial charge in [-0.05, 0) is 50.8 Å². The molecule has 0 bridgehead atoms. The molecule has 1 saturated heterocycles. The van der Waals surface area contributed by atoms with Crippen LogP contribution in [0.15, 0.2) is 18.2 Å². The minimum Gasteiger partial charge on any atom is -0.465 e. The third-order valence-electron chi connectivity index (χ3n) is 4.36. The molecule has 1 N–H and O–H groups in total. The lowest BCUT2D eigenvalue weighted by atomic mass is 9.89. The number of hydrogen-bond acceptors (Lipinski definition) is 4. The van der Waals surface area contributed by atoms with E-state index in [4.69, 9.17) is 9.47 Å². The number of esters is 1. The maximum absolute atomic E-state index is 11.6. The van der Waals surface area contributed by atoms with Crippen molar-refractivity contribution in [2.45, 2.75) is 51.7 Å². The lowest BCUT2D eigenvalue weighted by Gasteiger charge is -2.38. The van der Waals surface area contributed by atoms with Crippen molar-refractivity contribution in [1.82, 2.24) is 0 Å². The summed E-state index contributed by atoms with van der Waals surface area (Å²) >= 11 is 0. The monoisotopic (exact) mass is 291 g/mol. The molecule has 1 aliphatic heterocycles. The maximum Gasteiger partial charge on any atom is 0.337 e. The quantitative estimate of drug-likeness (QED) is 0.862. The lowest BCUT2D eigenvalue weighted by molar-refractivity contribution is -0.0708. The van der Waals surface area contributed by atoms with Gasteiger partial charge in [0.05, 0.1) is 18.3 Å². The summed E-state index contributed by atoms with van der Waals surface area (Å²) in [4.78, 5) is 11.6. The first-order valence-electron chi connectivity index (χ1n) is 7.57. The Morgan fingerprint density at radius 1 is 1.52 bits per heavy atom. The fourth-order valence-electron chi connectivity index (χ4n) is 2.74. The van der Waals surface area contributed by atoms with Gasteiger partial charge in [0.2, 0.25) is 0 Å². The molecule has 2 atom stereocenters. The van der Waals surface area contributed by atoms with E-state index in [1.807, 2.05) is 19.1 Å². The normalized spacial score (nSPS) is 25.4. The van der Waals surface area contributed by atoms with Gasteiger partial charge in [0.25, 0.3) is 0 Å². The number of anilines is 1. The Morgan fingerprint density at radius 2 is 2.29 bits per heavy atom. The van der Waals surface area contributed by atoms with E-state index in [0.29, 0.717) is 11.6 Å². The van der Waals surface area contributed by atoms with Crippen LogP contribution in [0.5, 0.6) is 0 Å². The molecule has 0 aliphatic carbocycles. The average molecular weight is 291 g/mol. The van der Waals surface area contributed by atoms with Gasteiger partial charge in [0.15, 0.2) is 0 Å². The average Bonchev–Trinajstić information content (AvgIpc) is 2.49. The maximum atomic E-state index is 11.6. The lowest BCUT2D eigenvalue weighted by Crippen LogP contribution is -2.42. The van der Waals surface area contributed by atoms with Crippen molar-refractivity contribution in [3.05, 3.63) is 29.3 Å². The van der Waals surface area contributed by atoms with E-state index in [9.17, 15) is 4.79 Å². The zero-order chi connectivity index (χ0) is 15.5. The summed E-state index contributed by atoms with van der Waals surface area (Å²) in [6.45, 7) is 7.14. The van der Waals surface area contributed by atoms with Crippen LogP contribution in [0.4, 0.5) is 5.69 Å². The van der Waals surface area contributed by atoms with Gasteiger partial charge < -0.3 is 14.8 Å². The number of aryl methyl sites for hydroxylation is 1. The van der Waals surface area contributed by atoms with Crippen LogP contribution < -0.4 is 5.32 Å². The minimum atomic E-state index is -0.302. The molecule has 0 saturated carbocycles. The molecule has 1 heterocycles. The molecule has 0 radical (unpaired) electrons. The zero-order valence-corrected chi connectivity index (χ0v) is 13.4. The smallest absolute Gasteiger partial charge is 0.337 e. The van der Waals surface area contributed by atoms with Gasteiger partial charge in [-0.3, -0.25) is 0 Å². The molecule has 0 spiro atoms. The number of benzene rings is 1. The first-order valence-corrected chi connectivity index (χ1v) is 7.57. The number of hydrogen-bond donors (Lipinski definition) is 1. The topological polar surface area (TPSA) is 47.6 Å². The van der Waals surface area contributed by atoms with Gasteiger partial charge in [-0.25, -0.2) is 4.79 Å². The second-order valence-corrected chi connectivity index (χ2v) is 6.01. The van der Waals surface area contributed by atoms with Gasteiger partial charge in [-0.2, -0.15) is 0 Å². The molecule has 4 nitrogen and oxygen atoms in total. The van der Waals surface area contributed by atoms with Crippen LogP contribution in [0.2, 0.25) is 0 Å². The SMILES string of the molecule is CCC1(C)CC(Nc2cc(C(=O)OC)ccc2C)CCO1. The molecule has 0 amide bonds. The third kappa shape index (κ3) is 3.76. The van der Waals surface area contributed by atoms with Crippen LogP contribution in [0.25, 0.3) is 0 Å². The Labute approximate surface area is 126 Å². The van der Waals surface area contributed by atoms with Gasteiger partial charge in [-0.1, -0.05) is 13.0 Å². The van der Waals surface area contributed by atoms with Crippen LogP contribution in [0, 0.1) is 6.92 Å².